The normalized spacial score (nSPS) is 18.2. The quantitative estimate of drug-likeness (QED) is 0.604. The van der Waals surface area contributed by atoms with Gasteiger partial charge in [-0.15, -0.1) is 0 Å². The lowest BCUT2D eigenvalue weighted by molar-refractivity contribution is -0.130. The molecule has 0 fully saturated rings. The average Bonchev–Trinajstić information content (AvgIpc) is 3.33. The number of hydrogen-bond donors (Lipinski definition) is 0. The third kappa shape index (κ3) is 2.87. The van der Waals surface area contributed by atoms with E-state index in [0.29, 0.717) is 23.7 Å². The number of methoxy groups -OCH3 is 1. The molecule has 5 rings (SSSR count). The van der Waals surface area contributed by atoms with Crippen molar-refractivity contribution in [3.63, 3.8) is 0 Å². The summed E-state index contributed by atoms with van der Waals surface area (Å²) in [5.41, 5.74) is 2.59. The maximum absolute atomic E-state index is 12.2. The SMILES string of the molecule is COc1ccc2c(c1)OCC(/C=C1\N=C(c3ccc4c(c3)OCO4)OC1=O)=C2. The molecule has 0 radical (unpaired) electrons. The van der Waals surface area contributed by atoms with Crippen molar-refractivity contribution in [2.75, 3.05) is 20.5 Å². The standard InChI is InChI=1S/C21H15NO6/c1-24-15-4-2-13-6-12(10-25-18(13)9-15)7-16-21(23)28-20(22-16)14-3-5-17-19(8-14)27-11-26-17/h2-9H,10-11H2,1H3/b16-7-. The first-order chi connectivity index (χ1) is 13.7. The van der Waals surface area contributed by atoms with Crippen LogP contribution in [0.5, 0.6) is 23.0 Å². The summed E-state index contributed by atoms with van der Waals surface area (Å²) in [6, 6.07) is 10.9. The first-order valence-corrected chi connectivity index (χ1v) is 8.63. The summed E-state index contributed by atoms with van der Waals surface area (Å²) in [5, 5.41) is 0. The monoisotopic (exact) mass is 377 g/mol. The molecule has 7 heteroatoms. The van der Waals surface area contributed by atoms with Crippen LogP contribution in [0.3, 0.4) is 0 Å². The van der Waals surface area contributed by atoms with Crippen molar-refractivity contribution < 1.29 is 28.5 Å². The summed E-state index contributed by atoms with van der Waals surface area (Å²) in [7, 11) is 1.61. The van der Waals surface area contributed by atoms with Gasteiger partial charge in [-0.1, -0.05) is 0 Å². The van der Waals surface area contributed by atoms with E-state index < -0.39 is 5.97 Å². The highest BCUT2D eigenvalue weighted by Gasteiger charge is 2.26. The molecule has 0 spiro atoms. The van der Waals surface area contributed by atoms with E-state index in [1.807, 2.05) is 24.3 Å². The van der Waals surface area contributed by atoms with Crippen LogP contribution in [0.4, 0.5) is 0 Å². The van der Waals surface area contributed by atoms with Gasteiger partial charge in [0.25, 0.3) is 0 Å². The van der Waals surface area contributed by atoms with Gasteiger partial charge in [-0.2, -0.15) is 0 Å². The fourth-order valence-electron chi connectivity index (χ4n) is 3.11. The van der Waals surface area contributed by atoms with Gasteiger partial charge in [0.2, 0.25) is 12.7 Å². The molecule has 0 saturated carbocycles. The molecule has 0 atom stereocenters. The summed E-state index contributed by atoms with van der Waals surface area (Å²) >= 11 is 0. The van der Waals surface area contributed by atoms with Crippen molar-refractivity contribution in [3.8, 4) is 23.0 Å². The van der Waals surface area contributed by atoms with Crippen LogP contribution < -0.4 is 18.9 Å². The molecule has 0 bridgehead atoms. The van der Waals surface area contributed by atoms with E-state index in [1.165, 1.54) is 0 Å². The largest absolute Gasteiger partial charge is 0.497 e. The van der Waals surface area contributed by atoms with Crippen LogP contribution in [0.25, 0.3) is 6.08 Å². The summed E-state index contributed by atoms with van der Waals surface area (Å²) in [5.74, 6) is 2.45. The second-order valence-corrected chi connectivity index (χ2v) is 6.32. The van der Waals surface area contributed by atoms with Crippen LogP contribution in [-0.4, -0.2) is 32.4 Å². The highest BCUT2D eigenvalue weighted by Crippen LogP contribution is 2.34. The van der Waals surface area contributed by atoms with E-state index in [1.54, 1.807) is 31.4 Å². The molecule has 0 amide bonds. The summed E-state index contributed by atoms with van der Waals surface area (Å²) < 4.78 is 26.9. The summed E-state index contributed by atoms with van der Waals surface area (Å²) in [6.45, 7) is 0.504. The lowest BCUT2D eigenvalue weighted by Crippen LogP contribution is -2.08. The van der Waals surface area contributed by atoms with Gasteiger partial charge in [0.1, 0.15) is 18.1 Å². The minimum absolute atomic E-state index is 0.178. The third-order valence-electron chi connectivity index (χ3n) is 4.52. The number of nitrogens with zero attached hydrogens (tertiary/aromatic N) is 1. The Morgan fingerprint density at radius 1 is 1.04 bits per heavy atom. The molecule has 0 unspecified atom stereocenters. The molecule has 0 aliphatic carbocycles. The minimum atomic E-state index is -0.505. The van der Waals surface area contributed by atoms with Gasteiger partial charge in [0.05, 0.1) is 7.11 Å². The number of esters is 1. The van der Waals surface area contributed by atoms with E-state index in [-0.39, 0.29) is 18.4 Å². The van der Waals surface area contributed by atoms with Gasteiger partial charge < -0.3 is 23.7 Å². The van der Waals surface area contributed by atoms with E-state index in [9.17, 15) is 4.79 Å². The van der Waals surface area contributed by atoms with Crippen LogP contribution in [0.2, 0.25) is 0 Å². The second kappa shape index (κ2) is 6.45. The van der Waals surface area contributed by atoms with Gasteiger partial charge in [-0.3, -0.25) is 0 Å². The number of benzene rings is 2. The molecule has 0 N–H and O–H groups in total. The summed E-state index contributed by atoms with van der Waals surface area (Å²) in [4.78, 5) is 16.6. The zero-order valence-corrected chi connectivity index (χ0v) is 14.9. The molecule has 7 nitrogen and oxygen atoms in total. The minimum Gasteiger partial charge on any atom is -0.497 e. The van der Waals surface area contributed by atoms with Gasteiger partial charge >= 0.3 is 5.97 Å². The number of carbonyl (C=O) groups is 1. The zero-order chi connectivity index (χ0) is 19.1. The smallest absolute Gasteiger partial charge is 0.363 e. The lowest BCUT2D eigenvalue weighted by Gasteiger charge is -2.16. The first-order valence-electron chi connectivity index (χ1n) is 8.63. The number of cyclic esters (lactones) is 1. The van der Waals surface area contributed by atoms with Gasteiger partial charge in [0.15, 0.2) is 17.2 Å². The van der Waals surface area contributed by atoms with Crippen LogP contribution >= 0.6 is 0 Å². The number of fused-ring (bicyclic) bond motifs is 2. The molecule has 3 aliphatic rings. The topological polar surface area (TPSA) is 75.6 Å². The molecular formula is C21H15NO6. The number of carbonyl (C=O) groups excluding carboxylic acids is 1. The van der Waals surface area contributed by atoms with Crippen molar-refractivity contribution in [2.24, 2.45) is 4.99 Å². The predicted octanol–water partition coefficient (Wildman–Crippen LogP) is 3.09. The Labute approximate surface area is 160 Å². The van der Waals surface area contributed by atoms with Crippen molar-refractivity contribution >= 4 is 17.9 Å². The van der Waals surface area contributed by atoms with Crippen LogP contribution in [0.1, 0.15) is 11.1 Å². The van der Waals surface area contributed by atoms with Gasteiger partial charge in [-0.25, -0.2) is 9.79 Å². The van der Waals surface area contributed by atoms with Crippen molar-refractivity contribution in [2.45, 2.75) is 0 Å². The second-order valence-electron chi connectivity index (χ2n) is 6.32. The predicted molar refractivity (Wildman–Crippen MR) is 99.7 cm³/mol. The van der Waals surface area contributed by atoms with Crippen LogP contribution in [-0.2, 0) is 9.53 Å². The highest BCUT2D eigenvalue weighted by molar-refractivity contribution is 6.11. The van der Waals surface area contributed by atoms with E-state index in [0.717, 1.165) is 22.6 Å². The molecule has 3 aliphatic heterocycles. The Morgan fingerprint density at radius 2 is 1.93 bits per heavy atom. The first kappa shape index (κ1) is 16.4. The van der Waals surface area contributed by atoms with E-state index in [4.69, 9.17) is 23.7 Å². The Bertz CT molecular complexity index is 1080. The fourth-order valence-corrected chi connectivity index (χ4v) is 3.11. The molecular weight excluding hydrogens is 362 g/mol. The maximum atomic E-state index is 12.2. The molecule has 140 valence electrons. The van der Waals surface area contributed by atoms with E-state index in [2.05, 4.69) is 4.99 Å². The van der Waals surface area contributed by atoms with Crippen molar-refractivity contribution in [3.05, 3.63) is 64.9 Å². The van der Waals surface area contributed by atoms with Gasteiger partial charge in [-0.05, 0) is 48.1 Å². The summed E-state index contributed by atoms with van der Waals surface area (Å²) in [6.07, 6.45) is 3.63. The molecule has 28 heavy (non-hydrogen) atoms. The zero-order valence-electron chi connectivity index (χ0n) is 14.9. The molecule has 2 aromatic rings. The number of ether oxygens (including phenoxy) is 5. The van der Waals surface area contributed by atoms with Crippen molar-refractivity contribution in [1.29, 1.82) is 0 Å². The molecule has 2 aromatic carbocycles. The molecule has 0 aromatic heterocycles. The third-order valence-corrected chi connectivity index (χ3v) is 4.52. The van der Waals surface area contributed by atoms with Gasteiger partial charge in [0, 0.05) is 17.2 Å². The lowest BCUT2D eigenvalue weighted by atomic mass is 10.1. The number of aliphatic imine (C=N–C) groups is 1. The van der Waals surface area contributed by atoms with Crippen LogP contribution in [0, 0.1) is 0 Å². The van der Waals surface area contributed by atoms with Crippen LogP contribution in [0.15, 0.2) is 58.7 Å². The Hall–Kier alpha value is -3.74. The average molecular weight is 377 g/mol. The Morgan fingerprint density at radius 3 is 2.82 bits per heavy atom. The number of hydrogen-bond acceptors (Lipinski definition) is 7. The molecule has 0 saturated heterocycles. The highest BCUT2D eigenvalue weighted by atomic mass is 16.7. The Kier molecular flexibility index (Phi) is 3.79. The molecule has 3 heterocycles. The van der Waals surface area contributed by atoms with E-state index >= 15 is 0 Å². The fraction of sp³-hybridized carbons (Fsp3) is 0.143. The maximum Gasteiger partial charge on any atom is 0.363 e. The number of rotatable bonds is 3. The Balaban J connectivity index is 1.43. The van der Waals surface area contributed by atoms with Crippen molar-refractivity contribution in [1.82, 2.24) is 0 Å².